The smallest absolute Gasteiger partial charge is 0.322 e. The maximum Gasteiger partial charge on any atom is 0.322 e. The number of anilines is 1. The Balaban J connectivity index is 3.19. The summed E-state index contributed by atoms with van der Waals surface area (Å²) in [5.74, 6) is -1.54. The summed E-state index contributed by atoms with van der Waals surface area (Å²) in [5, 5.41) is 9.11. The van der Waals surface area contributed by atoms with E-state index < -0.39 is 22.0 Å². The topological polar surface area (TPSA) is 86.7 Å². The Kier molecular flexibility index (Phi) is 5.36. The van der Waals surface area contributed by atoms with E-state index in [1.54, 1.807) is 19.9 Å². The molecule has 1 aromatic carbocycles. The number of hydrogen-bond donors (Lipinski definition) is 2. The van der Waals surface area contributed by atoms with E-state index in [2.05, 4.69) is 4.72 Å². The summed E-state index contributed by atoms with van der Waals surface area (Å²) < 4.78 is 26.9. The summed E-state index contributed by atoms with van der Waals surface area (Å²) in [7, 11) is -0.240. The summed E-state index contributed by atoms with van der Waals surface area (Å²) in [6, 6.07) is 3.56. The van der Waals surface area contributed by atoms with Crippen LogP contribution in [0.25, 0.3) is 0 Å². The van der Waals surface area contributed by atoms with E-state index in [4.69, 9.17) is 5.11 Å². The van der Waals surface area contributed by atoms with Crippen LogP contribution in [-0.4, -0.2) is 39.6 Å². The molecular formula is C14H22N2O4S. The molecule has 0 aliphatic heterocycles. The van der Waals surface area contributed by atoms with E-state index in [1.807, 2.05) is 25.9 Å². The highest BCUT2D eigenvalue weighted by molar-refractivity contribution is 7.89. The third kappa shape index (κ3) is 4.18. The number of nitrogens with zero attached hydrogens (tertiary/aromatic N) is 1. The van der Waals surface area contributed by atoms with Crippen molar-refractivity contribution in [3.63, 3.8) is 0 Å². The molecule has 0 aromatic heterocycles. The second-order valence-corrected chi connectivity index (χ2v) is 7.24. The van der Waals surface area contributed by atoms with Crippen molar-refractivity contribution in [3.8, 4) is 0 Å². The molecule has 2 N–H and O–H groups in total. The Labute approximate surface area is 125 Å². The number of carboxylic acids is 1. The SMILES string of the molecule is Cc1ccc(S(=O)(=O)N[C@@H](C(=O)O)C(C)C)cc1N(C)C. The zero-order valence-corrected chi connectivity index (χ0v) is 13.7. The van der Waals surface area contributed by atoms with Gasteiger partial charge in [-0.1, -0.05) is 19.9 Å². The molecule has 7 heteroatoms. The normalized spacial score (nSPS) is 13.2. The number of benzene rings is 1. The molecule has 0 amide bonds. The van der Waals surface area contributed by atoms with Gasteiger partial charge in [-0.15, -0.1) is 0 Å². The number of aryl methyl sites for hydroxylation is 1. The Hall–Kier alpha value is -1.60. The molecule has 1 atom stereocenters. The second kappa shape index (κ2) is 6.44. The standard InChI is InChI=1S/C14H22N2O4S/c1-9(2)13(14(17)18)15-21(19,20)11-7-6-10(3)12(8-11)16(4)5/h6-9,13,15H,1-5H3,(H,17,18)/t13-/m1/s1. The van der Waals surface area contributed by atoms with Crippen molar-refractivity contribution in [3.05, 3.63) is 23.8 Å². The largest absolute Gasteiger partial charge is 0.480 e. The number of carboxylic acid groups (broad SMARTS) is 1. The molecular weight excluding hydrogens is 292 g/mol. The van der Waals surface area contributed by atoms with E-state index in [9.17, 15) is 13.2 Å². The van der Waals surface area contributed by atoms with Gasteiger partial charge in [0.1, 0.15) is 6.04 Å². The fourth-order valence-electron chi connectivity index (χ4n) is 1.95. The van der Waals surface area contributed by atoms with Crippen molar-refractivity contribution in [2.45, 2.75) is 31.7 Å². The van der Waals surface area contributed by atoms with Crippen LogP contribution in [0.2, 0.25) is 0 Å². The van der Waals surface area contributed by atoms with Crippen molar-refractivity contribution >= 4 is 21.7 Å². The summed E-state index contributed by atoms with van der Waals surface area (Å²) >= 11 is 0. The van der Waals surface area contributed by atoms with E-state index in [0.717, 1.165) is 11.3 Å². The molecule has 1 aromatic rings. The van der Waals surface area contributed by atoms with Gasteiger partial charge >= 0.3 is 5.97 Å². The second-order valence-electron chi connectivity index (χ2n) is 5.52. The minimum atomic E-state index is -3.88. The Bertz CT molecular complexity index is 624. The summed E-state index contributed by atoms with van der Waals surface area (Å²) in [4.78, 5) is 13.0. The van der Waals surface area contributed by atoms with Gasteiger partial charge in [-0.2, -0.15) is 4.72 Å². The fourth-order valence-corrected chi connectivity index (χ4v) is 3.30. The molecule has 0 fully saturated rings. The molecule has 0 aliphatic rings. The molecule has 0 saturated heterocycles. The first-order valence-corrected chi connectivity index (χ1v) is 8.07. The number of aliphatic carboxylic acids is 1. The van der Waals surface area contributed by atoms with Gasteiger partial charge in [-0.25, -0.2) is 8.42 Å². The lowest BCUT2D eigenvalue weighted by molar-refractivity contribution is -0.140. The van der Waals surface area contributed by atoms with Gasteiger partial charge in [0.05, 0.1) is 4.90 Å². The van der Waals surface area contributed by atoms with Gasteiger partial charge in [0.15, 0.2) is 0 Å². The first-order chi connectivity index (χ1) is 9.56. The van der Waals surface area contributed by atoms with Crippen molar-refractivity contribution in [1.29, 1.82) is 0 Å². The first kappa shape index (κ1) is 17.5. The third-order valence-corrected chi connectivity index (χ3v) is 4.63. The minimum absolute atomic E-state index is 0.0590. The number of nitrogens with one attached hydrogen (secondary N) is 1. The Morgan fingerprint density at radius 2 is 1.86 bits per heavy atom. The molecule has 21 heavy (non-hydrogen) atoms. The summed E-state index contributed by atoms with van der Waals surface area (Å²) in [6.45, 7) is 5.19. The maximum absolute atomic E-state index is 12.3. The van der Waals surface area contributed by atoms with Crippen LogP contribution in [0, 0.1) is 12.8 Å². The predicted octanol–water partition coefficient (Wildman–Crippen LogP) is 1.45. The molecule has 1 rings (SSSR count). The lowest BCUT2D eigenvalue weighted by Crippen LogP contribution is -2.44. The van der Waals surface area contributed by atoms with Gasteiger partial charge < -0.3 is 10.0 Å². The molecule has 0 aliphatic carbocycles. The van der Waals surface area contributed by atoms with E-state index in [0.29, 0.717) is 0 Å². The molecule has 0 radical (unpaired) electrons. The third-order valence-electron chi connectivity index (χ3n) is 3.19. The number of carbonyl (C=O) groups is 1. The molecule has 0 bridgehead atoms. The van der Waals surface area contributed by atoms with Gasteiger partial charge in [-0.3, -0.25) is 4.79 Å². The first-order valence-electron chi connectivity index (χ1n) is 6.59. The van der Waals surface area contributed by atoms with Crippen LogP contribution in [0.3, 0.4) is 0 Å². The van der Waals surface area contributed by atoms with Crippen molar-refractivity contribution in [2.24, 2.45) is 5.92 Å². The van der Waals surface area contributed by atoms with Crippen LogP contribution in [0.1, 0.15) is 19.4 Å². The van der Waals surface area contributed by atoms with Crippen LogP contribution in [0.5, 0.6) is 0 Å². The minimum Gasteiger partial charge on any atom is -0.480 e. The number of sulfonamides is 1. The van der Waals surface area contributed by atoms with Crippen LogP contribution >= 0.6 is 0 Å². The average Bonchev–Trinajstić information content (AvgIpc) is 2.35. The molecule has 6 nitrogen and oxygen atoms in total. The highest BCUT2D eigenvalue weighted by atomic mass is 32.2. The number of hydrogen-bond acceptors (Lipinski definition) is 4. The van der Waals surface area contributed by atoms with E-state index in [1.165, 1.54) is 12.1 Å². The molecule has 0 saturated carbocycles. The average molecular weight is 314 g/mol. The van der Waals surface area contributed by atoms with Crippen molar-refractivity contribution in [2.75, 3.05) is 19.0 Å². The van der Waals surface area contributed by atoms with Crippen molar-refractivity contribution < 1.29 is 18.3 Å². The van der Waals surface area contributed by atoms with Crippen molar-refractivity contribution in [1.82, 2.24) is 4.72 Å². The number of rotatable bonds is 6. The lowest BCUT2D eigenvalue weighted by Gasteiger charge is -2.20. The monoisotopic (exact) mass is 314 g/mol. The maximum atomic E-state index is 12.3. The quantitative estimate of drug-likeness (QED) is 0.830. The van der Waals surface area contributed by atoms with Crippen LogP contribution in [0.15, 0.2) is 23.1 Å². The van der Waals surface area contributed by atoms with Crippen LogP contribution in [-0.2, 0) is 14.8 Å². The van der Waals surface area contributed by atoms with Crippen LogP contribution in [0.4, 0.5) is 5.69 Å². The molecule has 0 spiro atoms. The van der Waals surface area contributed by atoms with E-state index in [-0.39, 0.29) is 10.8 Å². The summed E-state index contributed by atoms with van der Waals surface area (Å²) in [5.41, 5.74) is 1.71. The van der Waals surface area contributed by atoms with Gasteiger partial charge in [-0.05, 0) is 30.5 Å². The molecule has 0 heterocycles. The Morgan fingerprint density at radius 1 is 1.29 bits per heavy atom. The fraction of sp³-hybridized carbons (Fsp3) is 0.500. The highest BCUT2D eigenvalue weighted by Crippen LogP contribution is 2.22. The zero-order chi connectivity index (χ0) is 16.4. The molecule has 118 valence electrons. The summed E-state index contributed by atoms with van der Waals surface area (Å²) in [6.07, 6.45) is 0. The zero-order valence-electron chi connectivity index (χ0n) is 12.9. The predicted molar refractivity (Wildman–Crippen MR) is 82.1 cm³/mol. The van der Waals surface area contributed by atoms with E-state index >= 15 is 0 Å². The lowest BCUT2D eigenvalue weighted by atomic mass is 10.1. The van der Waals surface area contributed by atoms with Gasteiger partial charge in [0, 0.05) is 19.8 Å². The highest BCUT2D eigenvalue weighted by Gasteiger charge is 2.28. The molecule has 0 unspecified atom stereocenters. The van der Waals surface area contributed by atoms with Gasteiger partial charge in [0.2, 0.25) is 10.0 Å². The van der Waals surface area contributed by atoms with Gasteiger partial charge in [0.25, 0.3) is 0 Å². The Morgan fingerprint density at radius 3 is 2.29 bits per heavy atom. The van der Waals surface area contributed by atoms with Crippen LogP contribution < -0.4 is 9.62 Å².